The van der Waals surface area contributed by atoms with Crippen LogP contribution in [0.3, 0.4) is 0 Å². The number of benzene rings is 1. The average Bonchev–Trinajstić information content (AvgIpc) is 2.88. The monoisotopic (exact) mass is 325 g/mol. The van der Waals surface area contributed by atoms with Gasteiger partial charge in [-0.25, -0.2) is 8.42 Å². The molecule has 21 heavy (non-hydrogen) atoms. The number of amides is 1. The van der Waals surface area contributed by atoms with Gasteiger partial charge in [-0.2, -0.15) is 0 Å². The maximum absolute atomic E-state index is 12.2. The zero-order chi connectivity index (χ0) is 15.4. The van der Waals surface area contributed by atoms with Gasteiger partial charge in [0.05, 0.1) is 15.9 Å². The third-order valence-electron chi connectivity index (χ3n) is 3.82. The second kappa shape index (κ2) is 4.67. The highest BCUT2D eigenvalue weighted by Crippen LogP contribution is 2.29. The van der Waals surface area contributed by atoms with Crippen molar-refractivity contribution >= 4 is 39.0 Å². The molecule has 1 aliphatic rings. The van der Waals surface area contributed by atoms with Crippen molar-refractivity contribution in [3.05, 3.63) is 23.0 Å². The molecule has 2 heterocycles. The van der Waals surface area contributed by atoms with Gasteiger partial charge in [0.1, 0.15) is 6.04 Å². The van der Waals surface area contributed by atoms with Crippen molar-refractivity contribution in [2.24, 2.45) is 0 Å². The standard InChI is InChI=1S/C13H15N3O3S2/c1-15-7-6-9(12(15)17)16-8-4-3-5-10(21(2,18)19)11(8)14-13(16)20/h3-5,9H,6-7H2,1-2H3,(H,14,20). The van der Waals surface area contributed by atoms with Gasteiger partial charge in [0, 0.05) is 19.8 Å². The van der Waals surface area contributed by atoms with Gasteiger partial charge in [0.15, 0.2) is 14.6 Å². The van der Waals surface area contributed by atoms with Gasteiger partial charge in [-0.15, -0.1) is 0 Å². The van der Waals surface area contributed by atoms with Gasteiger partial charge in [-0.1, -0.05) is 6.07 Å². The molecule has 0 radical (unpaired) electrons. The Morgan fingerprint density at radius 3 is 2.67 bits per heavy atom. The Labute approximate surface area is 127 Å². The summed E-state index contributed by atoms with van der Waals surface area (Å²) in [6.45, 7) is 0.670. The van der Waals surface area contributed by atoms with Crippen molar-refractivity contribution in [1.82, 2.24) is 14.5 Å². The fraction of sp³-hybridized carbons (Fsp3) is 0.385. The molecule has 0 spiro atoms. The van der Waals surface area contributed by atoms with E-state index in [2.05, 4.69) is 4.98 Å². The van der Waals surface area contributed by atoms with Crippen LogP contribution in [0.1, 0.15) is 12.5 Å². The minimum absolute atomic E-state index is 0.00300. The fourth-order valence-electron chi connectivity index (χ4n) is 2.78. The number of hydrogen-bond acceptors (Lipinski definition) is 4. The first kappa shape index (κ1) is 14.3. The van der Waals surface area contributed by atoms with Crippen LogP contribution in [-0.2, 0) is 14.6 Å². The van der Waals surface area contributed by atoms with Gasteiger partial charge in [0.25, 0.3) is 0 Å². The Balaban J connectivity index is 2.29. The molecule has 2 aromatic rings. The van der Waals surface area contributed by atoms with E-state index in [9.17, 15) is 13.2 Å². The van der Waals surface area contributed by atoms with Gasteiger partial charge in [-0.05, 0) is 30.8 Å². The fourth-order valence-corrected chi connectivity index (χ4v) is 3.96. The van der Waals surface area contributed by atoms with Crippen LogP contribution in [0.25, 0.3) is 11.0 Å². The van der Waals surface area contributed by atoms with Gasteiger partial charge >= 0.3 is 0 Å². The summed E-state index contributed by atoms with van der Waals surface area (Å²) in [4.78, 5) is 17.0. The van der Waals surface area contributed by atoms with E-state index in [1.54, 1.807) is 28.6 Å². The van der Waals surface area contributed by atoms with Crippen molar-refractivity contribution in [1.29, 1.82) is 0 Å². The number of rotatable bonds is 2. The minimum Gasteiger partial charge on any atom is -0.344 e. The molecule has 1 fully saturated rings. The van der Waals surface area contributed by atoms with Crippen LogP contribution in [0.15, 0.2) is 23.1 Å². The summed E-state index contributed by atoms with van der Waals surface area (Å²) in [6.07, 6.45) is 1.82. The highest BCUT2D eigenvalue weighted by atomic mass is 32.2. The van der Waals surface area contributed by atoms with Gasteiger partial charge < -0.3 is 14.5 Å². The Kier molecular flexibility index (Phi) is 3.18. The smallest absolute Gasteiger partial charge is 0.245 e. The lowest BCUT2D eigenvalue weighted by molar-refractivity contribution is -0.129. The number of nitrogens with zero attached hydrogens (tertiary/aromatic N) is 2. The highest BCUT2D eigenvalue weighted by Gasteiger charge is 2.32. The third-order valence-corrected chi connectivity index (χ3v) is 5.26. The van der Waals surface area contributed by atoms with E-state index in [1.807, 2.05) is 0 Å². The molecular weight excluding hydrogens is 310 g/mol. The molecule has 1 amide bonds. The lowest BCUT2D eigenvalue weighted by atomic mass is 10.2. The highest BCUT2D eigenvalue weighted by molar-refractivity contribution is 7.91. The summed E-state index contributed by atoms with van der Waals surface area (Å²) >= 11 is 5.31. The van der Waals surface area contributed by atoms with Crippen LogP contribution in [0.4, 0.5) is 0 Å². The summed E-state index contributed by atoms with van der Waals surface area (Å²) in [5, 5.41) is 0. The lowest BCUT2D eigenvalue weighted by Gasteiger charge is -2.13. The predicted octanol–water partition coefficient (Wildman–Crippen LogP) is 1.51. The molecule has 1 aliphatic heterocycles. The number of aromatic nitrogens is 2. The van der Waals surface area contributed by atoms with Crippen molar-refractivity contribution in [2.75, 3.05) is 19.8 Å². The molecule has 1 atom stereocenters. The second-order valence-corrected chi connectivity index (χ2v) is 7.66. The van der Waals surface area contributed by atoms with Crippen LogP contribution in [0, 0.1) is 4.77 Å². The first-order valence-corrected chi connectivity index (χ1v) is 8.79. The maximum Gasteiger partial charge on any atom is 0.245 e. The maximum atomic E-state index is 12.2. The predicted molar refractivity (Wildman–Crippen MR) is 81.5 cm³/mol. The summed E-state index contributed by atoms with van der Waals surface area (Å²) < 4.78 is 25.8. The number of fused-ring (bicyclic) bond motifs is 1. The number of imidazole rings is 1. The Hall–Kier alpha value is -1.67. The van der Waals surface area contributed by atoms with E-state index in [4.69, 9.17) is 12.2 Å². The molecular formula is C13H15N3O3S2. The van der Waals surface area contributed by atoms with E-state index < -0.39 is 9.84 Å². The molecule has 6 nitrogen and oxygen atoms in total. The number of likely N-dealkylation sites (N-methyl/N-ethyl adjacent to an activating group) is 1. The van der Waals surface area contributed by atoms with Crippen LogP contribution in [0.2, 0.25) is 0 Å². The van der Waals surface area contributed by atoms with Crippen LogP contribution in [0.5, 0.6) is 0 Å². The summed E-state index contributed by atoms with van der Waals surface area (Å²) in [5.41, 5.74) is 1.11. The van der Waals surface area contributed by atoms with E-state index in [0.717, 1.165) is 6.26 Å². The quantitative estimate of drug-likeness (QED) is 0.849. The molecule has 1 aromatic carbocycles. The van der Waals surface area contributed by atoms with Gasteiger partial charge in [-0.3, -0.25) is 4.79 Å². The molecule has 112 valence electrons. The average molecular weight is 325 g/mol. The lowest BCUT2D eigenvalue weighted by Crippen LogP contribution is -2.24. The number of sulfone groups is 1. The third kappa shape index (κ3) is 2.18. The van der Waals surface area contributed by atoms with E-state index >= 15 is 0 Å². The zero-order valence-corrected chi connectivity index (χ0v) is 13.3. The van der Waals surface area contributed by atoms with Crippen LogP contribution < -0.4 is 0 Å². The molecule has 0 bridgehead atoms. The molecule has 0 saturated carbocycles. The summed E-state index contributed by atoms with van der Waals surface area (Å²) in [7, 11) is -1.61. The summed E-state index contributed by atoms with van der Waals surface area (Å²) in [6, 6.07) is 4.62. The number of aromatic amines is 1. The van der Waals surface area contributed by atoms with Crippen molar-refractivity contribution < 1.29 is 13.2 Å². The number of nitrogens with one attached hydrogen (secondary N) is 1. The molecule has 1 N–H and O–H groups in total. The van der Waals surface area contributed by atoms with E-state index in [0.29, 0.717) is 28.8 Å². The number of hydrogen-bond donors (Lipinski definition) is 1. The number of carbonyl (C=O) groups excluding carboxylic acids is 1. The van der Waals surface area contributed by atoms with Gasteiger partial charge in [0.2, 0.25) is 5.91 Å². The number of H-pyrrole nitrogens is 1. The van der Waals surface area contributed by atoms with Crippen molar-refractivity contribution in [3.8, 4) is 0 Å². The molecule has 1 saturated heterocycles. The normalized spacial score (nSPS) is 19.6. The second-order valence-electron chi connectivity index (χ2n) is 5.29. The van der Waals surface area contributed by atoms with Crippen LogP contribution >= 0.6 is 12.2 Å². The Morgan fingerprint density at radius 2 is 2.10 bits per heavy atom. The van der Waals surface area contributed by atoms with Crippen molar-refractivity contribution in [2.45, 2.75) is 17.4 Å². The SMILES string of the molecule is CN1CCC(n2c(=S)[nH]c3c(S(C)(=O)=O)cccc32)C1=O. The molecule has 3 rings (SSSR count). The number of carbonyl (C=O) groups is 1. The number of likely N-dealkylation sites (tertiary alicyclic amines) is 1. The van der Waals surface area contributed by atoms with Crippen LogP contribution in [-0.4, -0.2) is 48.6 Å². The zero-order valence-electron chi connectivity index (χ0n) is 11.7. The minimum atomic E-state index is -3.37. The number of para-hydroxylation sites is 1. The first-order chi connectivity index (χ1) is 9.80. The topological polar surface area (TPSA) is 75.2 Å². The van der Waals surface area contributed by atoms with Crippen molar-refractivity contribution in [3.63, 3.8) is 0 Å². The molecule has 0 aliphatic carbocycles. The molecule has 1 unspecified atom stereocenters. The van der Waals surface area contributed by atoms with E-state index in [1.165, 1.54) is 6.07 Å². The Morgan fingerprint density at radius 1 is 1.38 bits per heavy atom. The largest absolute Gasteiger partial charge is 0.344 e. The molecule has 1 aromatic heterocycles. The Bertz CT molecular complexity index is 895. The van der Waals surface area contributed by atoms with E-state index in [-0.39, 0.29) is 16.8 Å². The summed E-state index contributed by atoms with van der Waals surface area (Å²) in [5.74, 6) is -0.00300. The molecule has 8 heteroatoms. The first-order valence-electron chi connectivity index (χ1n) is 6.49.